The summed E-state index contributed by atoms with van der Waals surface area (Å²) in [4.78, 5) is 24.6. The largest absolute Gasteiger partial charge is 0.459 e. The molecule has 1 fully saturated rings. The first kappa shape index (κ1) is 16.5. The van der Waals surface area contributed by atoms with Crippen LogP contribution in [0.3, 0.4) is 0 Å². The average molecular weight is 304 g/mol. The third-order valence-corrected chi connectivity index (χ3v) is 4.08. The number of hydrogen-bond donors (Lipinski definition) is 0. The van der Waals surface area contributed by atoms with Gasteiger partial charge >= 0.3 is 11.9 Å². The van der Waals surface area contributed by atoms with Gasteiger partial charge in [-0.3, -0.25) is 0 Å². The summed E-state index contributed by atoms with van der Waals surface area (Å²) in [6.07, 6.45) is 5.74. The van der Waals surface area contributed by atoms with Gasteiger partial charge in [0, 0.05) is 0 Å². The van der Waals surface area contributed by atoms with E-state index in [9.17, 15) is 9.59 Å². The van der Waals surface area contributed by atoms with Crippen LogP contribution in [0.2, 0.25) is 0 Å². The van der Waals surface area contributed by atoms with Crippen molar-refractivity contribution in [2.75, 3.05) is 0 Å². The van der Waals surface area contributed by atoms with E-state index in [1.165, 1.54) is 6.42 Å². The van der Waals surface area contributed by atoms with Crippen LogP contribution in [0.15, 0.2) is 24.3 Å². The first-order chi connectivity index (χ1) is 10.6. The molecule has 1 aromatic rings. The van der Waals surface area contributed by atoms with Crippen LogP contribution in [0, 0.1) is 0 Å². The smallest absolute Gasteiger partial charge is 0.339 e. The first-order valence-electron chi connectivity index (χ1n) is 8.12. The predicted molar refractivity (Wildman–Crippen MR) is 83.9 cm³/mol. The van der Waals surface area contributed by atoms with Crippen molar-refractivity contribution in [3.63, 3.8) is 0 Å². The molecule has 1 saturated carbocycles. The van der Waals surface area contributed by atoms with E-state index in [1.807, 2.05) is 13.8 Å². The number of benzene rings is 1. The third kappa shape index (κ3) is 4.33. The Hall–Kier alpha value is -1.84. The fourth-order valence-electron chi connectivity index (χ4n) is 2.57. The van der Waals surface area contributed by atoms with Crippen molar-refractivity contribution in [2.45, 2.75) is 64.6 Å². The van der Waals surface area contributed by atoms with Gasteiger partial charge in [0.05, 0.1) is 17.2 Å². The molecule has 4 nitrogen and oxygen atoms in total. The number of hydrogen-bond acceptors (Lipinski definition) is 4. The molecule has 0 heterocycles. The molecule has 0 bridgehead atoms. The van der Waals surface area contributed by atoms with Gasteiger partial charge in [0.2, 0.25) is 0 Å². The molecule has 2 rings (SSSR count). The molecule has 1 aliphatic rings. The highest BCUT2D eigenvalue weighted by atomic mass is 16.5. The Balaban J connectivity index is 2.09. The van der Waals surface area contributed by atoms with Gasteiger partial charge in [-0.25, -0.2) is 9.59 Å². The number of ether oxygens (including phenoxy) is 2. The summed E-state index contributed by atoms with van der Waals surface area (Å²) < 4.78 is 10.9. The van der Waals surface area contributed by atoms with Crippen LogP contribution in [0.25, 0.3) is 0 Å². The average Bonchev–Trinajstić information content (AvgIpc) is 2.55. The van der Waals surface area contributed by atoms with Crippen LogP contribution in [-0.4, -0.2) is 24.1 Å². The topological polar surface area (TPSA) is 52.6 Å². The monoisotopic (exact) mass is 304 g/mol. The molecule has 1 unspecified atom stereocenters. The van der Waals surface area contributed by atoms with Crippen LogP contribution < -0.4 is 0 Å². The van der Waals surface area contributed by atoms with Crippen LogP contribution >= 0.6 is 0 Å². The van der Waals surface area contributed by atoms with Gasteiger partial charge in [-0.15, -0.1) is 0 Å². The maximum absolute atomic E-state index is 12.4. The second-order valence-electron chi connectivity index (χ2n) is 5.84. The van der Waals surface area contributed by atoms with Gasteiger partial charge in [0.15, 0.2) is 0 Å². The van der Waals surface area contributed by atoms with Crippen molar-refractivity contribution in [1.29, 1.82) is 0 Å². The Labute approximate surface area is 131 Å². The summed E-state index contributed by atoms with van der Waals surface area (Å²) in [5.41, 5.74) is 0.574. The zero-order valence-corrected chi connectivity index (χ0v) is 13.3. The lowest BCUT2D eigenvalue weighted by Gasteiger charge is -2.22. The van der Waals surface area contributed by atoms with Crippen molar-refractivity contribution in [2.24, 2.45) is 0 Å². The summed E-state index contributed by atoms with van der Waals surface area (Å²) in [5.74, 6) is -0.894. The second-order valence-corrected chi connectivity index (χ2v) is 5.84. The minimum absolute atomic E-state index is 0.0279. The van der Waals surface area contributed by atoms with Crippen LogP contribution in [0.1, 0.15) is 73.1 Å². The SMILES string of the molecule is CCC(C)OC(=O)c1ccccc1C(=O)OC1CCCCC1. The lowest BCUT2D eigenvalue weighted by atomic mass is 9.97. The number of rotatable bonds is 5. The molecule has 0 aromatic heterocycles. The van der Waals surface area contributed by atoms with Crippen molar-refractivity contribution >= 4 is 11.9 Å². The van der Waals surface area contributed by atoms with E-state index in [-0.39, 0.29) is 17.8 Å². The van der Waals surface area contributed by atoms with Crippen LogP contribution in [0.5, 0.6) is 0 Å². The highest BCUT2D eigenvalue weighted by molar-refractivity contribution is 6.03. The Bertz CT molecular complexity index is 518. The molecule has 22 heavy (non-hydrogen) atoms. The van der Waals surface area contributed by atoms with Gasteiger partial charge in [0.1, 0.15) is 6.10 Å². The third-order valence-electron chi connectivity index (χ3n) is 4.08. The van der Waals surface area contributed by atoms with Gasteiger partial charge in [-0.05, 0) is 51.2 Å². The summed E-state index contributed by atoms with van der Waals surface area (Å²) in [7, 11) is 0. The van der Waals surface area contributed by atoms with Gasteiger partial charge < -0.3 is 9.47 Å². The first-order valence-corrected chi connectivity index (χ1v) is 8.12. The molecular weight excluding hydrogens is 280 g/mol. The highest BCUT2D eigenvalue weighted by Crippen LogP contribution is 2.22. The van der Waals surface area contributed by atoms with Crippen molar-refractivity contribution < 1.29 is 19.1 Å². The van der Waals surface area contributed by atoms with Gasteiger partial charge in [-0.2, -0.15) is 0 Å². The van der Waals surface area contributed by atoms with Crippen LogP contribution in [0.4, 0.5) is 0 Å². The quantitative estimate of drug-likeness (QED) is 0.767. The molecular formula is C18H24O4. The molecule has 1 aromatic carbocycles. The highest BCUT2D eigenvalue weighted by Gasteiger charge is 2.23. The Morgan fingerprint density at radius 2 is 1.68 bits per heavy atom. The molecule has 0 N–H and O–H groups in total. The molecule has 0 amide bonds. The predicted octanol–water partition coefficient (Wildman–Crippen LogP) is 4.13. The number of esters is 2. The molecule has 0 aliphatic heterocycles. The van der Waals surface area contributed by atoms with E-state index in [1.54, 1.807) is 24.3 Å². The summed E-state index contributed by atoms with van der Waals surface area (Å²) >= 11 is 0. The number of carbonyl (C=O) groups is 2. The number of carbonyl (C=O) groups excluding carboxylic acids is 2. The fourth-order valence-corrected chi connectivity index (χ4v) is 2.57. The minimum Gasteiger partial charge on any atom is -0.459 e. The van der Waals surface area contributed by atoms with E-state index in [2.05, 4.69) is 0 Å². The Morgan fingerprint density at radius 1 is 1.09 bits per heavy atom. The lowest BCUT2D eigenvalue weighted by Crippen LogP contribution is -2.23. The van der Waals surface area contributed by atoms with Crippen molar-refractivity contribution in [1.82, 2.24) is 0 Å². The summed E-state index contributed by atoms with van der Waals surface area (Å²) in [6.45, 7) is 3.78. The van der Waals surface area contributed by atoms with Gasteiger partial charge in [0.25, 0.3) is 0 Å². The van der Waals surface area contributed by atoms with E-state index < -0.39 is 11.9 Å². The molecule has 1 aliphatic carbocycles. The standard InChI is InChI=1S/C18H24O4/c1-3-13(2)21-17(19)15-11-7-8-12-16(15)18(20)22-14-9-5-4-6-10-14/h7-8,11-14H,3-6,9-10H2,1-2H3. The van der Waals surface area contributed by atoms with E-state index >= 15 is 0 Å². The Kier molecular flexibility index (Phi) is 5.99. The maximum Gasteiger partial charge on any atom is 0.339 e. The fraction of sp³-hybridized carbons (Fsp3) is 0.556. The molecule has 120 valence electrons. The van der Waals surface area contributed by atoms with Crippen molar-refractivity contribution in [3.05, 3.63) is 35.4 Å². The van der Waals surface area contributed by atoms with Crippen molar-refractivity contribution in [3.8, 4) is 0 Å². The molecule has 0 radical (unpaired) electrons. The van der Waals surface area contributed by atoms with Crippen LogP contribution in [-0.2, 0) is 9.47 Å². The van der Waals surface area contributed by atoms with Gasteiger partial charge in [-0.1, -0.05) is 25.5 Å². The minimum atomic E-state index is -0.467. The lowest BCUT2D eigenvalue weighted by molar-refractivity contribution is 0.0194. The maximum atomic E-state index is 12.4. The van der Waals surface area contributed by atoms with E-state index in [4.69, 9.17) is 9.47 Å². The molecule has 0 spiro atoms. The zero-order valence-electron chi connectivity index (χ0n) is 13.3. The zero-order chi connectivity index (χ0) is 15.9. The molecule has 0 saturated heterocycles. The molecule has 1 atom stereocenters. The summed E-state index contributed by atoms with van der Waals surface area (Å²) in [6, 6.07) is 6.70. The second kappa shape index (κ2) is 7.97. The summed E-state index contributed by atoms with van der Waals surface area (Å²) in [5, 5.41) is 0. The van der Waals surface area contributed by atoms with E-state index in [0.29, 0.717) is 5.56 Å². The Morgan fingerprint density at radius 3 is 2.27 bits per heavy atom. The van der Waals surface area contributed by atoms with E-state index in [0.717, 1.165) is 32.1 Å². The normalized spacial score (nSPS) is 16.8. The molecule has 4 heteroatoms.